The van der Waals surface area contributed by atoms with Gasteiger partial charge in [-0.15, -0.1) is 0 Å². The molecule has 1 aliphatic carbocycles. The maximum absolute atomic E-state index is 12.3. The van der Waals surface area contributed by atoms with Crippen molar-refractivity contribution < 1.29 is 54.8 Å². The number of aliphatic hydroxyl groups is 4. The van der Waals surface area contributed by atoms with E-state index in [1.807, 2.05) is 0 Å². The molecule has 2 fully saturated rings. The van der Waals surface area contributed by atoms with Gasteiger partial charge in [-0.25, -0.2) is 4.79 Å². The molecular weight excluding hydrogens is 536 g/mol. The lowest BCUT2D eigenvalue weighted by atomic mass is 9.68. The minimum absolute atomic E-state index is 0.0391. The lowest BCUT2D eigenvalue weighted by molar-refractivity contribution is -0.315. The Morgan fingerprint density at radius 2 is 1.76 bits per heavy atom. The van der Waals surface area contributed by atoms with Crippen LogP contribution in [0.25, 0.3) is 10.8 Å². The summed E-state index contributed by atoms with van der Waals surface area (Å²) in [5.74, 6) is -3.54. The molecular formula is C30H40O11. The minimum atomic E-state index is -1.83. The van der Waals surface area contributed by atoms with Crippen LogP contribution in [0.15, 0.2) is 12.1 Å². The number of fused-ring (bicyclic) bond motifs is 1. The first kappa shape index (κ1) is 31.0. The van der Waals surface area contributed by atoms with E-state index in [2.05, 4.69) is 6.92 Å². The predicted octanol–water partition coefficient (Wildman–Crippen LogP) is 3.15. The zero-order chi connectivity index (χ0) is 30.2. The van der Waals surface area contributed by atoms with Crippen LogP contribution >= 0.6 is 0 Å². The third-order valence-corrected chi connectivity index (χ3v) is 8.71. The van der Waals surface area contributed by atoms with Crippen LogP contribution in [0.2, 0.25) is 0 Å². The molecule has 4 rings (SSSR count). The topological polar surface area (TPSA) is 194 Å². The highest BCUT2D eigenvalue weighted by atomic mass is 16.7. The minimum Gasteiger partial charge on any atom is -0.507 e. The van der Waals surface area contributed by atoms with Crippen molar-refractivity contribution in [1.29, 1.82) is 0 Å². The van der Waals surface area contributed by atoms with Crippen LogP contribution in [0.5, 0.6) is 17.2 Å². The molecule has 0 bridgehead atoms. The maximum Gasteiger partial charge on any atom is 0.335 e. The van der Waals surface area contributed by atoms with Crippen LogP contribution in [0.4, 0.5) is 0 Å². The molecule has 1 saturated heterocycles. The highest BCUT2D eigenvalue weighted by Crippen LogP contribution is 2.47. The van der Waals surface area contributed by atoms with Gasteiger partial charge in [0.2, 0.25) is 6.29 Å². The van der Waals surface area contributed by atoms with Crippen molar-refractivity contribution in [1.82, 2.24) is 0 Å². The van der Waals surface area contributed by atoms with Crippen LogP contribution < -0.4 is 4.74 Å². The molecule has 2 aliphatic rings. The SMILES string of the molecule is CCCCCC1CCCCC1(O)C1OC(Oc2cc(C(=O)O)cc3c(O)c(C)c(C(C)=O)c(O)c23)C(O)C(O)C1O. The van der Waals surface area contributed by atoms with Crippen molar-refractivity contribution in [3.8, 4) is 17.2 Å². The van der Waals surface area contributed by atoms with Gasteiger partial charge in [-0.1, -0.05) is 39.0 Å². The Morgan fingerprint density at radius 1 is 1.05 bits per heavy atom. The molecule has 0 radical (unpaired) electrons. The number of carboxylic acids is 1. The number of aliphatic hydroxyl groups excluding tert-OH is 3. The number of aromatic carboxylic acids is 1. The molecule has 1 heterocycles. The van der Waals surface area contributed by atoms with Crippen molar-refractivity contribution in [2.45, 2.75) is 108 Å². The van der Waals surface area contributed by atoms with Gasteiger partial charge in [0.15, 0.2) is 5.78 Å². The Hall–Kier alpha value is -2.96. The first-order valence-corrected chi connectivity index (χ1v) is 14.2. The average Bonchev–Trinajstić information content (AvgIpc) is 2.92. The fraction of sp³-hybridized carbons (Fsp3) is 0.600. The molecule has 7 atom stereocenters. The van der Waals surface area contributed by atoms with Crippen LogP contribution in [0.3, 0.4) is 0 Å². The van der Waals surface area contributed by atoms with Gasteiger partial charge in [0.25, 0.3) is 0 Å². The van der Waals surface area contributed by atoms with Gasteiger partial charge in [-0.05, 0) is 51.2 Å². The van der Waals surface area contributed by atoms with Crippen LogP contribution in [0.1, 0.15) is 91.5 Å². The van der Waals surface area contributed by atoms with Gasteiger partial charge in [0.05, 0.1) is 22.1 Å². The van der Waals surface area contributed by atoms with E-state index in [1.165, 1.54) is 13.8 Å². The summed E-state index contributed by atoms with van der Waals surface area (Å²) >= 11 is 0. The van der Waals surface area contributed by atoms with E-state index in [1.54, 1.807) is 0 Å². The molecule has 11 nitrogen and oxygen atoms in total. The second-order valence-corrected chi connectivity index (χ2v) is 11.4. The normalized spacial score (nSPS) is 30.3. The van der Waals surface area contributed by atoms with E-state index in [0.717, 1.165) is 37.8 Å². The van der Waals surface area contributed by atoms with Crippen molar-refractivity contribution >= 4 is 22.5 Å². The number of hydrogen-bond donors (Lipinski definition) is 7. The summed E-state index contributed by atoms with van der Waals surface area (Å²) in [6.45, 7) is 4.66. The molecule has 226 valence electrons. The highest BCUT2D eigenvalue weighted by Gasteiger charge is 2.56. The van der Waals surface area contributed by atoms with E-state index in [9.17, 15) is 45.3 Å². The summed E-state index contributed by atoms with van der Waals surface area (Å²) in [4.78, 5) is 24.2. The van der Waals surface area contributed by atoms with Crippen molar-refractivity contribution in [2.75, 3.05) is 0 Å². The number of Topliss-reactive ketones (excluding diaryl/α,β-unsaturated/α-hetero) is 1. The molecule has 2 aromatic carbocycles. The van der Waals surface area contributed by atoms with Crippen molar-refractivity contribution in [3.05, 3.63) is 28.8 Å². The third-order valence-electron chi connectivity index (χ3n) is 8.71. The van der Waals surface area contributed by atoms with E-state index in [-0.39, 0.29) is 39.1 Å². The molecule has 41 heavy (non-hydrogen) atoms. The van der Waals surface area contributed by atoms with E-state index < -0.39 is 59.6 Å². The molecule has 1 saturated carbocycles. The number of carbonyl (C=O) groups is 2. The van der Waals surface area contributed by atoms with Crippen molar-refractivity contribution in [2.24, 2.45) is 5.92 Å². The predicted molar refractivity (Wildman–Crippen MR) is 147 cm³/mol. The second kappa shape index (κ2) is 12.1. The number of benzene rings is 2. The highest BCUT2D eigenvalue weighted by molar-refractivity contribution is 6.11. The van der Waals surface area contributed by atoms with Gasteiger partial charge >= 0.3 is 5.97 Å². The summed E-state index contributed by atoms with van der Waals surface area (Å²) < 4.78 is 11.9. The fourth-order valence-corrected chi connectivity index (χ4v) is 6.46. The molecule has 7 N–H and O–H groups in total. The molecule has 0 amide bonds. The number of ether oxygens (including phenoxy) is 2. The quantitative estimate of drug-likeness (QED) is 0.132. The number of carboxylic acid groups (broad SMARTS) is 1. The third kappa shape index (κ3) is 5.61. The van der Waals surface area contributed by atoms with Crippen molar-refractivity contribution in [3.63, 3.8) is 0 Å². The number of unbranched alkanes of at least 4 members (excludes halogenated alkanes) is 2. The first-order valence-electron chi connectivity index (χ1n) is 14.2. The van der Waals surface area contributed by atoms with Crippen LogP contribution in [-0.4, -0.2) is 83.8 Å². The largest absolute Gasteiger partial charge is 0.507 e. The Kier molecular flexibility index (Phi) is 9.15. The summed E-state index contributed by atoms with van der Waals surface area (Å²) in [7, 11) is 0. The van der Waals surface area contributed by atoms with Gasteiger partial charge in [0, 0.05) is 10.9 Å². The molecule has 7 unspecified atom stereocenters. The number of aromatic hydroxyl groups is 2. The zero-order valence-corrected chi connectivity index (χ0v) is 23.5. The average molecular weight is 577 g/mol. The summed E-state index contributed by atoms with van der Waals surface area (Å²) in [6, 6.07) is 2.15. The number of carbonyl (C=O) groups excluding carboxylic acids is 1. The molecule has 11 heteroatoms. The Morgan fingerprint density at radius 3 is 2.39 bits per heavy atom. The number of ketones is 1. The number of rotatable bonds is 9. The fourth-order valence-electron chi connectivity index (χ4n) is 6.46. The first-order chi connectivity index (χ1) is 19.3. The molecule has 2 aromatic rings. The smallest absolute Gasteiger partial charge is 0.335 e. The van der Waals surface area contributed by atoms with E-state index in [4.69, 9.17) is 9.47 Å². The maximum atomic E-state index is 12.3. The van der Waals surface area contributed by atoms with Crippen LogP contribution in [-0.2, 0) is 4.74 Å². The zero-order valence-electron chi connectivity index (χ0n) is 23.5. The van der Waals surface area contributed by atoms with Gasteiger partial charge in [-0.2, -0.15) is 0 Å². The number of phenols is 2. The molecule has 0 aromatic heterocycles. The van der Waals surface area contributed by atoms with E-state index >= 15 is 0 Å². The number of phenolic OH excluding ortho intramolecular Hbond substituents is 2. The summed E-state index contributed by atoms with van der Waals surface area (Å²) in [5, 5.41) is 75.8. The van der Waals surface area contributed by atoms with Gasteiger partial charge in [-0.3, -0.25) is 4.79 Å². The lowest BCUT2D eigenvalue weighted by Crippen LogP contribution is -2.67. The number of hydrogen-bond acceptors (Lipinski definition) is 10. The van der Waals surface area contributed by atoms with E-state index in [0.29, 0.717) is 25.7 Å². The second-order valence-electron chi connectivity index (χ2n) is 11.4. The van der Waals surface area contributed by atoms with Gasteiger partial charge < -0.3 is 45.2 Å². The Balaban J connectivity index is 1.79. The standard InChI is InChI=1S/C30H40O11/c1-4-5-6-9-17-10-7-8-11-30(17,39)27-25(35)24(34)26(36)29(41-27)40-19-13-16(28(37)38)12-18-21(19)23(33)20(15(3)31)14(2)22(18)32/h12-13,17,24-27,29,32-36,39H,4-11H2,1-3H3,(H,37,38). The summed E-state index contributed by atoms with van der Waals surface area (Å²) in [6.07, 6.45) is -2.24. The summed E-state index contributed by atoms with van der Waals surface area (Å²) in [5.41, 5.74) is -2.02. The molecule has 0 spiro atoms. The van der Waals surface area contributed by atoms with Crippen LogP contribution in [0, 0.1) is 12.8 Å². The Bertz CT molecular complexity index is 1310. The monoisotopic (exact) mass is 576 g/mol. The Labute approximate surface area is 238 Å². The molecule has 1 aliphatic heterocycles. The van der Waals surface area contributed by atoms with Gasteiger partial charge in [0.1, 0.15) is 41.7 Å². The lowest BCUT2D eigenvalue weighted by Gasteiger charge is -2.51.